The zero-order valence-corrected chi connectivity index (χ0v) is 17.5. The molecule has 0 aliphatic carbocycles. The highest BCUT2D eigenvalue weighted by molar-refractivity contribution is 9.10. The number of benzene rings is 2. The van der Waals surface area contributed by atoms with Crippen molar-refractivity contribution in [2.45, 2.75) is 19.3 Å². The molecule has 2 aromatic carbocycles. The minimum atomic E-state index is -0.482. The lowest BCUT2D eigenvalue weighted by atomic mass is 10.2. The third-order valence-corrected chi connectivity index (χ3v) is 4.94. The van der Waals surface area contributed by atoms with E-state index in [1.165, 1.54) is 17.8 Å². The normalized spacial score (nSPS) is 10.4. The first kappa shape index (κ1) is 21.9. The molecule has 2 rings (SSSR count). The minimum absolute atomic E-state index is 0.116. The number of amides is 2. The fourth-order valence-electron chi connectivity index (χ4n) is 2.66. The molecule has 0 fully saturated rings. The number of carbonyl (C=O) groups excluding carboxylic acids is 2. The molecule has 150 valence electrons. The second kappa shape index (κ2) is 11.4. The molecule has 0 aliphatic heterocycles. The first-order valence-corrected chi connectivity index (χ1v) is 10.0. The van der Waals surface area contributed by atoms with Crippen LogP contribution in [0.5, 0.6) is 0 Å². The van der Waals surface area contributed by atoms with Gasteiger partial charge in [-0.1, -0.05) is 18.2 Å². The maximum Gasteiger partial charge on any atom is 0.252 e. The first-order chi connectivity index (χ1) is 13.5. The molecule has 0 unspecified atom stereocenters. The fraction of sp³-hybridized carbons (Fsp3) is 0.333. The van der Waals surface area contributed by atoms with E-state index in [0.29, 0.717) is 11.0 Å². The van der Waals surface area contributed by atoms with E-state index in [9.17, 15) is 14.0 Å². The van der Waals surface area contributed by atoms with Crippen LogP contribution in [-0.4, -0.2) is 38.5 Å². The summed E-state index contributed by atoms with van der Waals surface area (Å²) in [7, 11) is 2.05. The van der Waals surface area contributed by atoms with Gasteiger partial charge in [-0.15, -0.1) is 0 Å². The summed E-state index contributed by atoms with van der Waals surface area (Å²) in [5.74, 6) is -1.01. The van der Waals surface area contributed by atoms with E-state index in [1.54, 1.807) is 0 Å². The molecule has 0 atom stereocenters. The molecular weight excluding hydrogens is 425 g/mol. The highest BCUT2D eigenvalue weighted by Crippen LogP contribution is 2.17. The van der Waals surface area contributed by atoms with Crippen LogP contribution in [0.4, 0.5) is 10.1 Å². The Bertz CT molecular complexity index is 786. The Labute approximate surface area is 173 Å². The molecule has 7 heteroatoms. The van der Waals surface area contributed by atoms with Crippen LogP contribution >= 0.6 is 15.9 Å². The highest BCUT2D eigenvalue weighted by Gasteiger charge is 2.11. The second-order valence-corrected chi connectivity index (χ2v) is 7.30. The van der Waals surface area contributed by atoms with Crippen LogP contribution in [0.1, 0.15) is 29.6 Å². The van der Waals surface area contributed by atoms with Crippen LogP contribution in [0.2, 0.25) is 0 Å². The van der Waals surface area contributed by atoms with Crippen molar-refractivity contribution in [1.29, 1.82) is 0 Å². The van der Waals surface area contributed by atoms with Crippen molar-refractivity contribution in [1.82, 2.24) is 10.6 Å². The number of carbonyl (C=O) groups is 2. The highest BCUT2D eigenvalue weighted by atomic mass is 79.9. The molecule has 2 N–H and O–H groups in total. The van der Waals surface area contributed by atoms with Gasteiger partial charge in [0.1, 0.15) is 5.82 Å². The lowest BCUT2D eigenvalue weighted by Gasteiger charge is -2.19. The summed E-state index contributed by atoms with van der Waals surface area (Å²) >= 11 is 3.22. The predicted octanol–water partition coefficient (Wildman–Crippen LogP) is 3.74. The molecule has 0 saturated heterocycles. The van der Waals surface area contributed by atoms with Crippen molar-refractivity contribution in [2.75, 3.05) is 31.6 Å². The van der Waals surface area contributed by atoms with Crippen molar-refractivity contribution in [3.05, 3.63) is 64.4 Å². The van der Waals surface area contributed by atoms with E-state index in [4.69, 9.17) is 0 Å². The van der Waals surface area contributed by atoms with Gasteiger partial charge in [0.25, 0.3) is 5.91 Å². The van der Waals surface area contributed by atoms with Crippen LogP contribution in [0.15, 0.2) is 53.0 Å². The Morgan fingerprint density at radius 2 is 1.79 bits per heavy atom. The summed E-state index contributed by atoms with van der Waals surface area (Å²) in [6.07, 6.45) is 2.03. The number of halogens is 2. The maximum atomic E-state index is 13.2. The lowest BCUT2D eigenvalue weighted by molar-refractivity contribution is -0.120. The summed E-state index contributed by atoms with van der Waals surface area (Å²) < 4.78 is 13.7. The molecular formula is C21H25BrFN3O2. The Kier molecular flexibility index (Phi) is 8.94. The largest absolute Gasteiger partial charge is 0.375 e. The number of hydrogen-bond donors (Lipinski definition) is 2. The van der Waals surface area contributed by atoms with Crippen LogP contribution in [0.3, 0.4) is 0 Å². The first-order valence-electron chi connectivity index (χ1n) is 9.23. The molecule has 5 nitrogen and oxygen atoms in total. The van der Waals surface area contributed by atoms with Crippen molar-refractivity contribution in [3.8, 4) is 0 Å². The predicted molar refractivity (Wildman–Crippen MR) is 113 cm³/mol. The van der Waals surface area contributed by atoms with E-state index >= 15 is 0 Å². The van der Waals surface area contributed by atoms with Crippen molar-refractivity contribution < 1.29 is 14.0 Å². The topological polar surface area (TPSA) is 61.4 Å². The minimum Gasteiger partial charge on any atom is -0.375 e. The van der Waals surface area contributed by atoms with E-state index in [-0.39, 0.29) is 24.4 Å². The Balaban J connectivity index is 1.58. The van der Waals surface area contributed by atoms with E-state index < -0.39 is 11.7 Å². The van der Waals surface area contributed by atoms with Gasteiger partial charge in [0, 0.05) is 43.3 Å². The molecule has 0 bridgehead atoms. The molecule has 2 amide bonds. The van der Waals surface area contributed by atoms with Gasteiger partial charge in [0.15, 0.2) is 0 Å². The number of nitrogens with one attached hydrogen (secondary N) is 2. The number of para-hydroxylation sites is 1. The average molecular weight is 450 g/mol. The smallest absolute Gasteiger partial charge is 0.252 e. The SMILES string of the molecule is CN(CCCCNC(=O)CCNC(=O)c1cc(F)ccc1Br)c1ccccc1. The Hall–Kier alpha value is -2.41. The van der Waals surface area contributed by atoms with Crippen molar-refractivity contribution in [3.63, 3.8) is 0 Å². The van der Waals surface area contributed by atoms with Gasteiger partial charge in [-0.2, -0.15) is 0 Å². The summed E-state index contributed by atoms with van der Waals surface area (Å²) in [5.41, 5.74) is 1.38. The van der Waals surface area contributed by atoms with E-state index in [1.807, 2.05) is 25.2 Å². The zero-order chi connectivity index (χ0) is 20.4. The quantitative estimate of drug-likeness (QED) is 0.543. The van der Waals surface area contributed by atoms with Gasteiger partial charge in [0.05, 0.1) is 5.56 Å². The van der Waals surface area contributed by atoms with Gasteiger partial charge in [-0.25, -0.2) is 4.39 Å². The Morgan fingerprint density at radius 3 is 2.54 bits per heavy atom. The summed E-state index contributed by atoms with van der Waals surface area (Å²) in [5, 5.41) is 5.48. The van der Waals surface area contributed by atoms with Crippen LogP contribution in [-0.2, 0) is 4.79 Å². The standard InChI is InChI=1S/C21H25BrFN3O2/c1-26(17-7-3-2-4-8-17)14-6-5-12-24-20(27)11-13-25-21(28)18-15-16(23)9-10-19(18)22/h2-4,7-10,15H,5-6,11-14H2,1H3,(H,24,27)(H,25,28). The van der Waals surface area contributed by atoms with Crippen LogP contribution in [0, 0.1) is 5.82 Å². The average Bonchev–Trinajstić information content (AvgIpc) is 2.70. The van der Waals surface area contributed by atoms with Gasteiger partial charge in [0.2, 0.25) is 5.91 Å². The lowest BCUT2D eigenvalue weighted by Crippen LogP contribution is -2.31. The monoisotopic (exact) mass is 449 g/mol. The van der Waals surface area contributed by atoms with Crippen molar-refractivity contribution >= 4 is 33.4 Å². The van der Waals surface area contributed by atoms with Gasteiger partial charge >= 0.3 is 0 Å². The molecule has 28 heavy (non-hydrogen) atoms. The third kappa shape index (κ3) is 7.31. The third-order valence-electron chi connectivity index (χ3n) is 4.25. The molecule has 0 spiro atoms. The summed E-state index contributed by atoms with van der Waals surface area (Å²) in [4.78, 5) is 26.1. The van der Waals surface area contributed by atoms with Gasteiger partial charge < -0.3 is 15.5 Å². The molecule has 0 saturated carbocycles. The maximum absolute atomic E-state index is 13.2. The molecule has 0 aromatic heterocycles. The number of hydrogen-bond acceptors (Lipinski definition) is 3. The van der Waals surface area contributed by atoms with E-state index in [2.05, 4.69) is 43.6 Å². The number of rotatable bonds is 10. The van der Waals surface area contributed by atoms with Gasteiger partial charge in [-0.3, -0.25) is 9.59 Å². The zero-order valence-electron chi connectivity index (χ0n) is 15.9. The van der Waals surface area contributed by atoms with Crippen LogP contribution in [0.25, 0.3) is 0 Å². The van der Waals surface area contributed by atoms with E-state index in [0.717, 1.165) is 25.5 Å². The summed E-state index contributed by atoms with van der Waals surface area (Å²) in [6.45, 7) is 1.72. The van der Waals surface area contributed by atoms with Crippen LogP contribution < -0.4 is 15.5 Å². The Morgan fingerprint density at radius 1 is 1.04 bits per heavy atom. The molecule has 0 heterocycles. The number of anilines is 1. The number of nitrogens with zero attached hydrogens (tertiary/aromatic N) is 1. The molecule has 2 aromatic rings. The number of unbranched alkanes of at least 4 members (excludes halogenated alkanes) is 1. The second-order valence-electron chi connectivity index (χ2n) is 6.44. The molecule has 0 aliphatic rings. The van der Waals surface area contributed by atoms with Crippen molar-refractivity contribution in [2.24, 2.45) is 0 Å². The van der Waals surface area contributed by atoms with Gasteiger partial charge in [-0.05, 0) is 59.1 Å². The molecule has 0 radical (unpaired) electrons. The fourth-order valence-corrected chi connectivity index (χ4v) is 3.08. The summed E-state index contributed by atoms with van der Waals surface area (Å²) in [6, 6.07) is 14.1.